The topological polar surface area (TPSA) is 20.3 Å². The zero-order valence-electron chi connectivity index (χ0n) is 11.4. The Morgan fingerprint density at radius 1 is 1.25 bits per heavy atom. The summed E-state index contributed by atoms with van der Waals surface area (Å²) in [6.45, 7) is 2.63. The summed E-state index contributed by atoms with van der Waals surface area (Å²) < 4.78 is 0.714. The first kappa shape index (κ1) is 15.1. The van der Waals surface area contributed by atoms with Crippen LogP contribution in [-0.2, 0) is 6.54 Å². The maximum absolute atomic E-state index is 12.4. The van der Waals surface area contributed by atoms with E-state index < -0.39 is 0 Å². The number of hydrogen-bond donors (Lipinski definition) is 0. The molecule has 0 saturated carbocycles. The number of benzene rings is 2. The third-order valence-electron chi connectivity index (χ3n) is 3.18. The number of nitrogens with zero attached hydrogens (tertiary/aromatic N) is 1. The normalized spacial score (nSPS) is 10.4. The van der Waals surface area contributed by atoms with Crippen LogP contribution in [0.3, 0.4) is 0 Å². The molecule has 20 heavy (non-hydrogen) atoms. The minimum atomic E-state index is -0.0307. The Labute approximate surface area is 132 Å². The number of rotatable bonds is 3. The van der Waals surface area contributed by atoms with E-state index in [1.54, 1.807) is 30.1 Å². The van der Waals surface area contributed by atoms with Crippen LogP contribution in [0.25, 0.3) is 0 Å². The molecule has 2 rings (SSSR count). The molecule has 0 saturated heterocycles. The fourth-order valence-electron chi connectivity index (χ4n) is 1.98. The van der Waals surface area contributed by atoms with Crippen LogP contribution in [0.5, 0.6) is 0 Å². The summed E-state index contributed by atoms with van der Waals surface area (Å²) >= 11 is 9.28. The molecule has 0 aliphatic carbocycles. The minimum Gasteiger partial charge on any atom is -0.337 e. The van der Waals surface area contributed by atoms with Gasteiger partial charge in [-0.25, -0.2) is 0 Å². The fourth-order valence-corrected chi connectivity index (χ4v) is 2.84. The van der Waals surface area contributed by atoms with E-state index in [-0.39, 0.29) is 5.91 Å². The van der Waals surface area contributed by atoms with Gasteiger partial charge in [0.2, 0.25) is 0 Å². The fraction of sp³-hybridized carbons (Fsp3) is 0.188. The van der Waals surface area contributed by atoms with E-state index in [4.69, 9.17) is 11.6 Å². The number of amides is 1. The third kappa shape index (κ3) is 3.41. The van der Waals surface area contributed by atoms with Crippen molar-refractivity contribution in [3.8, 4) is 0 Å². The number of carbonyl (C=O) groups excluding carboxylic acids is 1. The van der Waals surface area contributed by atoms with Gasteiger partial charge in [-0.2, -0.15) is 0 Å². The largest absolute Gasteiger partial charge is 0.337 e. The molecule has 0 bridgehead atoms. The van der Waals surface area contributed by atoms with E-state index in [1.165, 1.54) is 5.56 Å². The van der Waals surface area contributed by atoms with E-state index in [2.05, 4.69) is 15.9 Å². The van der Waals surface area contributed by atoms with Crippen LogP contribution in [0.4, 0.5) is 0 Å². The van der Waals surface area contributed by atoms with Gasteiger partial charge >= 0.3 is 0 Å². The maximum atomic E-state index is 12.4. The van der Waals surface area contributed by atoms with E-state index in [0.717, 1.165) is 5.56 Å². The monoisotopic (exact) mass is 351 g/mol. The highest BCUT2D eigenvalue weighted by Gasteiger charge is 2.15. The lowest BCUT2D eigenvalue weighted by Crippen LogP contribution is -2.26. The first-order valence-corrected chi connectivity index (χ1v) is 7.41. The molecule has 0 aliphatic rings. The van der Waals surface area contributed by atoms with Crippen molar-refractivity contribution in [2.75, 3.05) is 7.05 Å². The van der Waals surface area contributed by atoms with Crippen molar-refractivity contribution in [2.24, 2.45) is 0 Å². The summed E-state index contributed by atoms with van der Waals surface area (Å²) in [6.07, 6.45) is 0. The molecule has 2 aromatic rings. The Morgan fingerprint density at radius 3 is 2.60 bits per heavy atom. The number of aryl methyl sites for hydroxylation is 1. The van der Waals surface area contributed by atoms with Crippen molar-refractivity contribution in [1.29, 1.82) is 0 Å². The van der Waals surface area contributed by atoms with Crippen molar-refractivity contribution in [1.82, 2.24) is 4.90 Å². The summed E-state index contributed by atoms with van der Waals surface area (Å²) in [6, 6.07) is 13.3. The molecule has 0 atom stereocenters. The van der Waals surface area contributed by atoms with Crippen LogP contribution in [0.2, 0.25) is 5.02 Å². The maximum Gasteiger partial charge on any atom is 0.255 e. The second kappa shape index (κ2) is 6.42. The molecular weight excluding hydrogens is 338 g/mol. The van der Waals surface area contributed by atoms with Gasteiger partial charge in [-0.05, 0) is 52.2 Å². The number of hydrogen-bond acceptors (Lipinski definition) is 1. The van der Waals surface area contributed by atoms with Crippen molar-refractivity contribution < 1.29 is 4.79 Å². The quantitative estimate of drug-likeness (QED) is 0.785. The zero-order chi connectivity index (χ0) is 14.7. The SMILES string of the molecule is Cc1ccccc1CN(C)C(=O)c1ccc(Cl)cc1Br. The zero-order valence-corrected chi connectivity index (χ0v) is 13.7. The smallest absolute Gasteiger partial charge is 0.255 e. The van der Waals surface area contributed by atoms with Crippen molar-refractivity contribution in [3.05, 3.63) is 68.7 Å². The van der Waals surface area contributed by atoms with E-state index >= 15 is 0 Å². The minimum absolute atomic E-state index is 0.0307. The average molecular weight is 353 g/mol. The van der Waals surface area contributed by atoms with E-state index in [0.29, 0.717) is 21.6 Å². The van der Waals surface area contributed by atoms with Gasteiger partial charge in [0.1, 0.15) is 0 Å². The van der Waals surface area contributed by atoms with Crippen LogP contribution in [-0.4, -0.2) is 17.9 Å². The first-order valence-electron chi connectivity index (χ1n) is 6.24. The molecule has 0 spiro atoms. The second-order valence-corrected chi connectivity index (χ2v) is 6.00. The third-order valence-corrected chi connectivity index (χ3v) is 4.07. The first-order chi connectivity index (χ1) is 9.49. The molecule has 4 heteroatoms. The molecule has 0 N–H and O–H groups in total. The van der Waals surface area contributed by atoms with Gasteiger partial charge < -0.3 is 4.90 Å². The Bertz CT molecular complexity index is 642. The predicted octanol–water partition coefficient (Wildman–Crippen LogP) is 4.68. The van der Waals surface area contributed by atoms with Crippen molar-refractivity contribution in [3.63, 3.8) is 0 Å². The predicted molar refractivity (Wildman–Crippen MR) is 86.1 cm³/mol. The Morgan fingerprint density at radius 2 is 1.95 bits per heavy atom. The molecule has 2 nitrogen and oxygen atoms in total. The van der Waals surface area contributed by atoms with Crippen LogP contribution in [0.15, 0.2) is 46.9 Å². The summed E-state index contributed by atoms with van der Waals surface area (Å²) in [4.78, 5) is 14.1. The molecular formula is C16H15BrClNO. The van der Waals surface area contributed by atoms with Crippen molar-refractivity contribution >= 4 is 33.4 Å². The molecule has 104 valence electrons. The van der Waals surface area contributed by atoms with Gasteiger partial charge in [-0.15, -0.1) is 0 Å². The van der Waals surface area contributed by atoms with Gasteiger partial charge in [-0.1, -0.05) is 35.9 Å². The molecule has 0 radical (unpaired) electrons. The van der Waals surface area contributed by atoms with Gasteiger partial charge in [0.05, 0.1) is 5.56 Å². The highest BCUT2D eigenvalue weighted by Crippen LogP contribution is 2.23. The standard InChI is InChI=1S/C16H15BrClNO/c1-11-5-3-4-6-12(11)10-19(2)16(20)14-8-7-13(18)9-15(14)17/h3-9H,10H2,1-2H3. The molecule has 2 aromatic carbocycles. The lowest BCUT2D eigenvalue weighted by molar-refractivity contribution is 0.0784. The molecule has 0 aliphatic heterocycles. The van der Waals surface area contributed by atoms with E-state index in [9.17, 15) is 4.79 Å². The highest BCUT2D eigenvalue weighted by molar-refractivity contribution is 9.10. The van der Waals surface area contributed by atoms with Crippen LogP contribution in [0.1, 0.15) is 21.5 Å². The lowest BCUT2D eigenvalue weighted by Gasteiger charge is -2.19. The molecule has 1 amide bonds. The van der Waals surface area contributed by atoms with Gasteiger partial charge in [0.25, 0.3) is 5.91 Å². The van der Waals surface area contributed by atoms with Gasteiger partial charge in [-0.3, -0.25) is 4.79 Å². The van der Waals surface area contributed by atoms with Crippen LogP contribution >= 0.6 is 27.5 Å². The Balaban J connectivity index is 2.19. The van der Waals surface area contributed by atoms with Gasteiger partial charge in [0.15, 0.2) is 0 Å². The number of halogens is 2. The van der Waals surface area contributed by atoms with Gasteiger partial charge in [0, 0.05) is 23.1 Å². The van der Waals surface area contributed by atoms with Crippen LogP contribution < -0.4 is 0 Å². The van der Waals surface area contributed by atoms with Crippen molar-refractivity contribution in [2.45, 2.75) is 13.5 Å². The number of carbonyl (C=O) groups is 1. The molecule has 0 aromatic heterocycles. The summed E-state index contributed by atoms with van der Waals surface area (Å²) in [7, 11) is 1.80. The summed E-state index contributed by atoms with van der Waals surface area (Å²) in [5.74, 6) is -0.0307. The average Bonchev–Trinajstić information content (AvgIpc) is 2.40. The highest BCUT2D eigenvalue weighted by atomic mass is 79.9. The van der Waals surface area contributed by atoms with E-state index in [1.807, 2.05) is 31.2 Å². The summed E-state index contributed by atoms with van der Waals surface area (Å²) in [5.41, 5.74) is 2.95. The second-order valence-electron chi connectivity index (χ2n) is 4.71. The molecule has 0 fully saturated rings. The Hall–Kier alpha value is -1.32. The summed E-state index contributed by atoms with van der Waals surface area (Å²) in [5, 5.41) is 0.606. The lowest BCUT2D eigenvalue weighted by atomic mass is 10.1. The molecule has 0 heterocycles. The van der Waals surface area contributed by atoms with Crippen LogP contribution in [0, 0.1) is 6.92 Å². The molecule has 0 unspecified atom stereocenters. The Kier molecular flexibility index (Phi) is 4.84.